The van der Waals surface area contributed by atoms with Crippen molar-refractivity contribution in [3.05, 3.63) is 27.9 Å². The van der Waals surface area contributed by atoms with Gasteiger partial charge in [0, 0.05) is 13.0 Å². The van der Waals surface area contributed by atoms with Crippen LogP contribution < -0.4 is 17.0 Å². The zero-order valence-corrected chi connectivity index (χ0v) is 28.0. The summed E-state index contributed by atoms with van der Waals surface area (Å²) in [5.41, 5.74) is 10.6. The van der Waals surface area contributed by atoms with Crippen LogP contribution in [0.3, 0.4) is 0 Å². The molecule has 0 spiro atoms. The zero-order chi connectivity index (χ0) is 33.5. The number of nitrogen functional groups attached to an aromatic ring is 2. The Kier molecular flexibility index (Phi) is 8.25. The topological polar surface area (TPSA) is 284 Å². The summed E-state index contributed by atoms with van der Waals surface area (Å²) in [6.07, 6.45) is -4.62. The van der Waals surface area contributed by atoms with E-state index in [2.05, 4.69) is 41.5 Å². The molecule has 2 aliphatic heterocycles. The van der Waals surface area contributed by atoms with Gasteiger partial charge in [0.1, 0.15) is 54.0 Å². The molecule has 7 N–H and O–H groups in total. The lowest BCUT2D eigenvalue weighted by Gasteiger charge is -2.32. The normalized spacial score (nSPS) is 38.2. The van der Waals surface area contributed by atoms with Crippen molar-refractivity contribution in [2.45, 2.75) is 55.5 Å². The number of aromatic amines is 1. The summed E-state index contributed by atoms with van der Waals surface area (Å²) in [6.45, 7) is -3.54. The van der Waals surface area contributed by atoms with E-state index in [0.717, 1.165) is 11.5 Å². The number of nitrogens with zero attached hydrogens (tertiary/aromatic N) is 6. The predicted octanol–water partition coefficient (Wildman–Crippen LogP) is 0.890. The highest BCUT2D eigenvalue weighted by Crippen LogP contribution is 2.60. The van der Waals surface area contributed by atoms with Gasteiger partial charge in [-0.25, -0.2) is 29.1 Å². The fourth-order valence-electron chi connectivity index (χ4n) is 6.41. The molecular formula is C23H29N9O11P2S2. The third-order valence-electron chi connectivity index (χ3n) is 8.59. The number of hydrogen-bond donors (Lipinski definition) is 6. The lowest BCUT2D eigenvalue weighted by atomic mass is 9.96. The SMILES string of the molecule is CO[C@H]1[C@H]2OP(=O)(O)OC[C@H]3CC(C)(n4cnc5c(N)ncnc54)[C@H](O)[C@@H]3O[P@@](=O)(S)OC[C@H]1O[C@H]2c1snc2c(=O)[nH]c(N)nc12. The van der Waals surface area contributed by atoms with Crippen LogP contribution in [0.1, 0.15) is 24.3 Å². The maximum atomic E-state index is 13.7. The van der Waals surface area contributed by atoms with Crippen LogP contribution in [-0.2, 0) is 42.2 Å². The molecule has 254 valence electrons. The molecule has 2 bridgehead atoms. The van der Waals surface area contributed by atoms with Gasteiger partial charge in [-0.05, 0) is 24.9 Å². The summed E-state index contributed by atoms with van der Waals surface area (Å²) >= 11 is 5.02. The maximum Gasteiger partial charge on any atom is 0.472 e. The number of thiol groups is 1. The first-order valence-corrected chi connectivity index (χ1v) is 18.9. The number of rotatable bonds is 3. The Morgan fingerprint density at radius 2 is 1.94 bits per heavy atom. The van der Waals surface area contributed by atoms with Gasteiger partial charge in [0.05, 0.1) is 30.0 Å². The van der Waals surface area contributed by atoms with E-state index in [4.69, 9.17) is 39.0 Å². The van der Waals surface area contributed by atoms with Crippen molar-refractivity contribution in [3.63, 3.8) is 0 Å². The summed E-state index contributed by atoms with van der Waals surface area (Å²) in [7, 11) is -3.62. The second-order valence-electron chi connectivity index (χ2n) is 11.5. The Bertz CT molecular complexity index is 2010. The molecule has 24 heteroatoms. The van der Waals surface area contributed by atoms with E-state index in [1.807, 2.05) is 0 Å². The van der Waals surface area contributed by atoms with Crippen LogP contribution in [-0.4, -0.2) is 94.7 Å². The van der Waals surface area contributed by atoms with Gasteiger partial charge >= 0.3 is 14.6 Å². The van der Waals surface area contributed by atoms with Crippen molar-refractivity contribution in [1.29, 1.82) is 0 Å². The summed E-state index contributed by atoms with van der Waals surface area (Å²) in [6, 6.07) is 0. The first-order chi connectivity index (χ1) is 22.2. The van der Waals surface area contributed by atoms with E-state index in [0.29, 0.717) is 11.2 Å². The highest BCUT2D eigenvalue weighted by molar-refractivity contribution is 8.44. The zero-order valence-electron chi connectivity index (χ0n) is 24.5. The van der Waals surface area contributed by atoms with Crippen LogP contribution in [0.15, 0.2) is 17.4 Å². The van der Waals surface area contributed by atoms with E-state index in [1.54, 1.807) is 11.5 Å². The molecular weight excluding hydrogens is 704 g/mol. The number of fused-ring (bicyclic) bond motifs is 5. The van der Waals surface area contributed by atoms with Crippen LogP contribution >= 0.6 is 38.4 Å². The molecule has 0 aromatic carbocycles. The van der Waals surface area contributed by atoms with E-state index in [1.165, 1.54) is 19.8 Å². The summed E-state index contributed by atoms with van der Waals surface area (Å²) < 4.78 is 67.3. The number of phosphoric ester groups is 1. The second kappa shape index (κ2) is 11.8. The molecule has 1 aliphatic carbocycles. The average molecular weight is 734 g/mol. The van der Waals surface area contributed by atoms with Crippen LogP contribution in [0.25, 0.3) is 22.2 Å². The van der Waals surface area contributed by atoms with E-state index >= 15 is 0 Å². The Balaban J connectivity index is 1.24. The molecule has 4 aromatic heterocycles. The highest BCUT2D eigenvalue weighted by atomic mass is 32.7. The quantitative estimate of drug-likeness (QED) is 0.126. The first kappa shape index (κ1) is 32.9. The average Bonchev–Trinajstić information content (AvgIpc) is 3.76. The van der Waals surface area contributed by atoms with Crippen LogP contribution in [0.5, 0.6) is 0 Å². The van der Waals surface area contributed by atoms with Crippen molar-refractivity contribution >= 4 is 72.4 Å². The molecule has 10 atom stereocenters. The number of nitrogens with two attached hydrogens (primary N) is 2. The van der Waals surface area contributed by atoms with Gasteiger partial charge in [0.25, 0.3) is 5.56 Å². The molecule has 20 nitrogen and oxygen atoms in total. The lowest BCUT2D eigenvalue weighted by Crippen LogP contribution is -2.42. The third-order valence-corrected chi connectivity index (χ3v) is 12.1. The fourth-order valence-corrected chi connectivity index (χ4v) is 9.79. The monoisotopic (exact) mass is 733 g/mol. The van der Waals surface area contributed by atoms with Crippen molar-refractivity contribution in [2.24, 2.45) is 5.92 Å². The predicted molar refractivity (Wildman–Crippen MR) is 166 cm³/mol. The molecule has 3 fully saturated rings. The molecule has 6 heterocycles. The smallest absolute Gasteiger partial charge is 0.388 e. The minimum atomic E-state index is -4.93. The molecule has 47 heavy (non-hydrogen) atoms. The molecule has 3 aliphatic rings. The van der Waals surface area contributed by atoms with Crippen molar-refractivity contribution in [2.75, 3.05) is 31.8 Å². The minimum absolute atomic E-state index is 0.0324. The number of aromatic nitrogens is 7. The fraction of sp³-hybridized carbons (Fsp3) is 0.565. The molecule has 4 aromatic rings. The number of aliphatic hydroxyl groups is 1. The van der Waals surface area contributed by atoms with Crippen LogP contribution in [0.4, 0.5) is 11.8 Å². The number of nitrogens with one attached hydrogen (secondary N) is 1. The van der Waals surface area contributed by atoms with Gasteiger partial charge in [-0.2, -0.15) is 4.37 Å². The van der Waals surface area contributed by atoms with Crippen LogP contribution in [0, 0.1) is 5.92 Å². The molecule has 7 rings (SSSR count). The number of anilines is 2. The second-order valence-corrected chi connectivity index (χ2v) is 16.6. The number of methoxy groups -OCH3 is 1. The third kappa shape index (κ3) is 5.69. The van der Waals surface area contributed by atoms with Gasteiger partial charge in [0.2, 0.25) is 5.95 Å². The van der Waals surface area contributed by atoms with Gasteiger partial charge < -0.3 is 35.5 Å². The van der Waals surface area contributed by atoms with E-state index in [-0.39, 0.29) is 34.1 Å². The molecule has 2 unspecified atom stereocenters. The van der Waals surface area contributed by atoms with Gasteiger partial charge in [-0.1, -0.05) is 12.2 Å². The van der Waals surface area contributed by atoms with Crippen molar-refractivity contribution < 1.29 is 46.7 Å². The Hall–Kier alpha value is -2.59. The standard InChI is InChI=1S/C23H29N9O11P2S2/c1-23(32-7-28-12-19(24)26-6-27-20(12)32)3-8-4-39-44(35,36)42-15-14(38-2)9(5-40-45(37,46)43-13(8)18(23)33)41-16(15)17-10-11(31-47-17)21(34)30-22(25)29-10/h6-9,13-16,18,33H,3-5H2,1-2H3,(H,35,36)(H,37,46)(H2,24,26,27)(H3,25,29,30,34)/t8-,9-,13-,14-,15-,16-,18-,23?,45+/m1/s1. The molecule has 2 saturated heterocycles. The highest BCUT2D eigenvalue weighted by Gasteiger charge is 2.57. The molecule has 0 amide bonds. The first-order valence-electron chi connectivity index (χ1n) is 14.0. The number of phosphoric acid groups is 1. The summed E-state index contributed by atoms with van der Waals surface area (Å²) in [5, 5.41) is 11.7. The number of aliphatic hydroxyl groups excluding tert-OH is 1. The van der Waals surface area contributed by atoms with Crippen molar-refractivity contribution in [1.82, 2.24) is 33.9 Å². The Morgan fingerprint density at radius 1 is 1.15 bits per heavy atom. The molecule has 1 saturated carbocycles. The number of H-pyrrole nitrogens is 1. The summed E-state index contributed by atoms with van der Waals surface area (Å²) in [5.74, 6) is -0.915. The van der Waals surface area contributed by atoms with E-state index in [9.17, 15) is 23.9 Å². The van der Waals surface area contributed by atoms with Gasteiger partial charge in [-0.3, -0.25) is 27.9 Å². The molecule has 0 radical (unpaired) electrons. The van der Waals surface area contributed by atoms with Gasteiger partial charge in [0.15, 0.2) is 17.0 Å². The van der Waals surface area contributed by atoms with Crippen molar-refractivity contribution in [3.8, 4) is 0 Å². The maximum absolute atomic E-state index is 13.7. The Labute approximate surface area is 273 Å². The largest absolute Gasteiger partial charge is 0.472 e. The van der Waals surface area contributed by atoms with E-state index < -0.39 is 81.5 Å². The number of ether oxygens (including phenoxy) is 2. The number of hydrogen-bond acceptors (Lipinski definition) is 18. The number of imidazole rings is 1. The lowest BCUT2D eigenvalue weighted by molar-refractivity contribution is -0.0392. The minimum Gasteiger partial charge on any atom is -0.388 e. The Morgan fingerprint density at radius 3 is 2.70 bits per heavy atom. The van der Waals surface area contributed by atoms with Gasteiger partial charge in [-0.15, -0.1) is 0 Å². The van der Waals surface area contributed by atoms with Crippen LogP contribution in [0.2, 0.25) is 0 Å². The summed E-state index contributed by atoms with van der Waals surface area (Å²) in [4.78, 5) is 42.7.